The molecule has 4 rings (SSSR count). The summed E-state index contributed by atoms with van der Waals surface area (Å²) in [5, 5.41) is 9.04. The lowest BCUT2D eigenvalue weighted by molar-refractivity contribution is 0.174. The lowest BCUT2D eigenvalue weighted by Gasteiger charge is -2.04. The van der Waals surface area contributed by atoms with E-state index in [9.17, 15) is 0 Å². The average molecular weight is 391 g/mol. The fourth-order valence-electron chi connectivity index (χ4n) is 2.38. The van der Waals surface area contributed by atoms with Gasteiger partial charge in [-0.05, 0) is 36.8 Å². The SMILES string of the molecule is Cc1ccc(OCc2nnc(SCc3cc(Cl)c4c(c3)OCO4)o2)cc1. The maximum atomic E-state index is 6.19. The van der Waals surface area contributed by atoms with Crippen LogP contribution in [0.2, 0.25) is 5.02 Å². The summed E-state index contributed by atoms with van der Waals surface area (Å²) in [6.07, 6.45) is 0. The van der Waals surface area contributed by atoms with Gasteiger partial charge < -0.3 is 18.6 Å². The minimum absolute atomic E-state index is 0.194. The number of aryl methyl sites for hydroxylation is 1. The quantitative estimate of drug-likeness (QED) is 0.568. The Labute approximate surface area is 159 Å². The topological polar surface area (TPSA) is 66.6 Å². The number of ether oxygens (including phenoxy) is 3. The monoisotopic (exact) mass is 390 g/mol. The second kappa shape index (κ2) is 7.47. The van der Waals surface area contributed by atoms with Gasteiger partial charge in [0.15, 0.2) is 18.1 Å². The van der Waals surface area contributed by atoms with Crippen LogP contribution in [0.5, 0.6) is 17.2 Å². The number of hydrogen-bond acceptors (Lipinski definition) is 7. The Morgan fingerprint density at radius 3 is 2.85 bits per heavy atom. The first-order chi connectivity index (χ1) is 12.7. The number of nitrogens with zero attached hydrogens (tertiary/aromatic N) is 2. The van der Waals surface area contributed by atoms with Crippen LogP contribution >= 0.6 is 23.4 Å². The van der Waals surface area contributed by atoms with Gasteiger partial charge in [0.05, 0.1) is 5.02 Å². The van der Waals surface area contributed by atoms with Crippen LogP contribution in [0.3, 0.4) is 0 Å². The molecule has 26 heavy (non-hydrogen) atoms. The van der Waals surface area contributed by atoms with Gasteiger partial charge in [-0.15, -0.1) is 10.2 Å². The molecular formula is C18H15ClN2O4S. The molecule has 8 heteroatoms. The minimum atomic E-state index is 0.194. The number of hydrogen-bond donors (Lipinski definition) is 0. The van der Waals surface area contributed by atoms with Gasteiger partial charge in [-0.25, -0.2) is 0 Å². The predicted octanol–water partition coefficient (Wildman–Crippen LogP) is 4.63. The van der Waals surface area contributed by atoms with Crippen LogP contribution in [0.25, 0.3) is 0 Å². The zero-order valence-electron chi connectivity index (χ0n) is 13.9. The zero-order chi connectivity index (χ0) is 17.9. The molecule has 0 aliphatic carbocycles. The van der Waals surface area contributed by atoms with E-state index in [1.165, 1.54) is 17.3 Å². The average Bonchev–Trinajstić information content (AvgIpc) is 3.29. The molecule has 0 atom stereocenters. The number of halogens is 1. The summed E-state index contributed by atoms with van der Waals surface area (Å²) in [5.41, 5.74) is 2.16. The van der Waals surface area contributed by atoms with Gasteiger partial charge in [0.1, 0.15) is 5.75 Å². The summed E-state index contributed by atoms with van der Waals surface area (Å²) >= 11 is 7.61. The molecule has 0 bridgehead atoms. The molecule has 0 N–H and O–H groups in total. The third kappa shape index (κ3) is 3.89. The maximum absolute atomic E-state index is 6.19. The Morgan fingerprint density at radius 2 is 2.00 bits per heavy atom. The van der Waals surface area contributed by atoms with Gasteiger partial charge in [-0.2, -0.15) is 0 Å². The second-order valence-electron chi connectivity index (χ2n) is 5.66. The largest absolute Gasteiger partial charge is 0.484 e. The van der Waals surface area contributed by atoms with Crippen LogP contribution in [-0.2, 0) is 12.4 Å². The first kappa shape index (κ1) is 17.1. The molecule has 2 heterocycles. The fourth-order valence-corrected chi connectivity index (χ4v) is 3.38. The molecule has 2 aromatic carbocycles. The highest BCUT2D eigenvalue weighted by Crippen LogP contribution is 2.40. The standard InChI is InChI=1S/C18H15ClN2O4S/c1-11-2-4-13(5-3-11)22-8-16-20-21-18(25-16)26-9-12-6-14(19)17-15(7-12)23-10-24-17/h2-7H,8-10H2,1H3. The Kier molecular flexibility index (Phi) is 4.90. The van der Waals surface area contributed by atoms with Gasteiger partial charge >= 0.3 is 0 Å². The third-order valence-electron chi connectivity index (χ3n) is 3.68. The molecule has 0 unspecified atom stereocenters. The van der Waals surface area contributed by atoms with Crippen LogP contribution in [0.1, 0.15) is 17.0 Å². The summed E-state index contributed by atoms with van der Waals surface area (Å²) in [6, 6.07) is 11.5. The van der Waals surface area contributed by atoms with E-state index < -0.39 is 0 Å². The molecule has 0 saturated carbocycles. The zero-order valence-corrected chi connectivity index (χ0v) is 15.5. The van der Waals surface area contributed by atoms with E-state index in [-0.39, 0.29) is 13.4 Å². The lowest BCUT2D eigenvalue weighted by atomic mass is 10.2. The summed E-state index contributed by atoms with van der Waals surface area (Å²) < 4.78 is 21.9. The molecule has 0 saturated heterocycles. The van der Waals surface area contributed by atoms with Crippen LogP contribution < -0.4 is 14.2 Å². The van der Waals surface area contributed by atoms with E-state index in [0.717, 1.165) is 11.3 Å². The molecule has 1 aliphatic rings. The first-order valence-electron chi connectivity index (χ1n) is 7.90. The van der Waals surface area contributed by atoms with Crippen molar-refractivity contribution in [1.82, 2.24) is 10.2 Å². The van der Waals surface area contributed by atoms with E-state index in [2.05, 4.69) is 10.2 Å². The van der Waals surface area contributed by atoms with Crippen molar-refractivity contribution < 1.29 is 18.6 Å². The van der Waals surface area contributed by atoms with Crippen LogP contribution in [-0.4, -0.2) is 17.0 Å². The lowest BCUT2D eigenvalue weighted by Crippen LogP contribution is -1.95. The fraction of sp³-hybridized carbons (Fsp3) is 0.222. The highest BCUT2D eigenvalue weighted by Gasteiger charge is 2.18. The number of rotatable bonds is 6. The number of fused-ring (bicyclic) bond motifs is 1. The number of thioether (sulfide) groups is 1. The van der Waals surface area contributed by atoms with Crippen molar-refractivity contribution >= 4 is 23.4 Å². The van der Waals surface area contributed by atoms with Crippen molar-refractivity contribution in [3.05, 3.63) is 58.4 Å². The summed E-state index contributed by atoms with van der Waals surface area (Å²) in [6.45, 7) is 2.45. The van der Waals surface area contributed by atoms with Crippen molar-refractivity contribution in [3.63, 3.8) is 0 Å². The predicted molar refractivity (Wildman–Crippen MR) is 96.9 cm³/mol. The van der Waals surface area contributed by atoms with E-state index in [4.69, 9.17) is 30.2 Å². The van der Waals surface area contributed by atoms with E-state index in [0.29, 0.717) is 33.4 Å². The van der Waals surface area contributed by atoms with Crippen LogP contribution in [0, 0.1) is 6.92 Å². The van der Waals surface area contributed by atoms with E-state index in [1.54, 1.807) is 0 Å². The van der Waals surface area contributed by atoms with Crippen molar-refractivity contribution in [3.8, 4) is 17.2 Å². The summed E-state index contributed by atoms with van der Waals surface area (Å²) in [4.78, 5) is 0. The highest BCUT2D eigenvalue weighted by molar-refractivity contribution is 7.98. The third-order valence-corrected chi connectivity index (χ3v) is 4.85. The molecule has 1 aliphatic heterocycles. The minimum Gasteiger partial charge on any atom is -0.484 e. The van der Waals surface area contributed by atoms with Gasteiger partial charge in [0, 0.05) is 5.75 Å². The van der Waals surface area contributed by atoms with E-state index in [1.807, 2.05) is 43.3 Å². The van der Waals surface area contributed by atoms with E-state index >= 15 is 0 Å². The molecule has 0 radical (unpaired) electrons. The summed E-state index contributed by atoms with van der Waals surface area (Å²) in [7, 11) is 0. The number of benzene rings is 2. The molecule has 6 nitrogen and oxygen atoms in total. The Bertz CT molecular complexity index is 914. The molecule has 1 aromatic heterocycles. The Hall–Kier alpha value is -2.38. The molecular weight excluding hydrogens is 376 g/mol. The molecule has 0 amide bonds. The van der Waals surface area contributed by atoms with Gasteiger partial charge in [0.25, 0.3) is 11.1 Å². The van der Waals surface area contributed by atoms with Gasteiger partial charge in [-0.1, -0.05) is 41.1 Å². The van der Waals surface area contributed by atoms with Crippen molar-refractivity contribution in [2.24, 2.45) is 0 Å². The normalized spacial score (nSPS) is 12.4. The summed E-state index contributed by atoms with van der Waals surface area (Å²) in [5.74, 6) is 3.06. The first-order valence-corrected chi connectivity index (χ1v) is 9.26. The molecule has 134 valence electrons. The molecule has 0 spiro atoms. The van der Waals surface area contributed by atoms with Crippen LogP contribution in [0.4, 0.5) is 0 Å². The highest BCUT2D eigenvalue weighted by atomic mass is 35.5. The van der Waals surface area contributed by atoms with Gasteiger partial charge in [-0.3, -0.25) is 0 Å². The second-order valence-corrected chi connectivity index (χ2v) is 7.00. The van der Waals surface area contributed by atoms with Crippen molar-refractivity contribution in [2.45, 2.75) is 24.5 Å². The van der Waals surface area contributed by atoms with Crippen molar-refractivity contribution in [2.75, 3.05) is 6.79 Å². The smallest absolute Gasteiger partial charge is 0.277 e. The molecule has 0 fully saturated rings. The van der Waals surface area contributed by atoms with Crippen molar-refractivity contribution in [1.29, 1.82) is 0 Å². The number of aromatic nitrogens is 2. The van der Waals surface area contributed by atoms with Gasteiger partial charge in [0.2, 0.25) is 6.79 Å². The maximum Gasteiger partial charge on any atom is 0.277 e. The van der Waals surface area contributed by atoms with Crippen LogP contribution in [0.15, 0.2) is 46.0 Å². The Balaban J connectivity index is 1.34. The molecule has 3 aromatic rings. The Morgan fingerprint density at radius 1 is 1.15 bits per heavy atom.